The molecule has 2 rings (SSSR count). The zero-order valence-electron chi connectivity index (χ0n) is 11.7. The van der Waals surface area contributed by atoms with Gasteiger partial charge in [0.25, 0.3) is 5.91 Å². The zero-order chi connectivity index (χ0) is 13.7. The molecule has 0 bridgehead atoms. The summed E-state index contributed by atoms with van der Waals surface area (Å²) in [6.45, 7) is 5.96. The van der Waals surface area contributed by atoms with Crippen LogP contribution >= 0.6 is 11.3 Å². The summed E-state index contributed by atoms with van der Waals surface area (Å²) in [5.41, 5.74) is 0. The Hall–Kier alpha value is -1.17. The molecule has 0 saturated carbocycles. The van der Waals surface area contributed by atoms with E-state index in [9.17, 15) is 4.79 Å². The predicted molar refractivity (Wildman–Crippen MR) is 77.7 cm³/mol. The van der Waals surface area contributed by atoms with Crippen LogP contribution in [0.4, 0.5) is 5.13 Å². The third kappa shape index (κ3) is 3.43. The minimum Gasteiger partial charge on any atom is -0.360 e. The van der Waals surface area contributed by atoms with Crippen molar-refractivity contribution in [2.45, 2.75) is 52.0 Å². The molecule has 1 amide bonds. The number of nitrogens with zero attached hydrogens (tertiary/aromatic N) is 3. The smallest absolute Gasteiger partial charge is 0.285 e. The van der Waals surface area contributed by atoms with E-state index in [-0.39, 0.29) is 5.91 Å². The molecule has 1 saturated heterocycles. The number of hydrogen-bond acceptors (Lipinski definition) is 5. The van der Waals surface area contributed by atoms with Gasteiger partial charge in [-0.1, -0.05) is 25.2 Å². The molecule has 1 fully saturated rings. The van der Waals surface area contributed by atoms with E-state index in [1.807, 2.05) is 4.90 Å². The summed E-state index contributed by atoms with van der Waals surface area (Å²) in [4.78, 5) is 14.4. The molecule has 2 heterocycles. The third-order valence-electron chi connectivity index (χ3n) is 3.49. The lowest BCUT2D eigenvalue weighted by Gasteiger charge is -2.34. The van der Waals surface area contributed by atoms with Crippen LogP contribution in [0.3, 0.4) is 0 Å². The molecule has 1 aromatic rings. The summed E-state index contributed by atoms with van der Waals surface area (Å²) in [5, 5.41) is 12.5. The largest absolute Gasteiger partial charge is 0.360 e. The number of carbonyl (C=O) groups is 1. The summed E-state index contributed by atoms with van der Waals surface area (Å²) in [6, 6.07) is 0.372. The van der Waals surface area contributed by atoms with Crippen LogP contribution in [0.1, 0.15) is 55.8 Å². The normalized spacial score (nSPS) is 19.5. The van der Waals surface area contributed by atoms with Gasteiger partial charge in [0.15, 0.2) is 0 Å². The Labute approximate surface area is 118 Å². The maximum Gasteiger partial charge on any atom is 0.285 e. The Morgan fingerprint density at radius 1 is 1.42 bits per heavy atom. The second-order valence-corrected chi connectivity index (χ2v) is 5.87. The van der Waals surface area contributed by atoms with Gasteiger partial charge in [0.1, 0.15) is 0 Å². The molecule has 1 aromatic heterocycles. The quantitative estimate of drug-likeness (QED) is 0.902. The van der Waals surface area contributed by atoms with Gasteiger partial charge in [-0.2, -0.15) is 0 Å². The monoisotopic (exact) mass is 282 g/mol. The Balaban J connectivity index is 2.03. The fraction of sp³-hybridized carbons (Fsp3) is 0.769. The van der Waals surface area contributed by atoms with Crippen LogP contribution in [0.25, 0.3) is 0 Å². The van der Waals surface area contributed by atoms with Crippen molar-refractivity contribution >= 4 is 22.4 Å². The van der Waals surface area contributed by atoms with Crippen molar-refractivity contribution in [3.8, 4) is 0 Å². The zero-order valence-corrected chi connectivity index (χ0v) is 12.5. The summed E-state index contributed by atoms with van der Waals surface area (Å²) in [7, 11) is 0. The van der Waals surface area contributed by atoms with Gasteiger partial charge in [0, 0.05) is 19.1 Å². The third-order valence-corrected chi connectivity index (χ3v) is 4.36. The second kappa shape index (κ2) is 6.84. The van der Waals surface area contributed by atoms with Crippen molar-refractivity contribution in [1.29, 1.82) is 0 Å². The molecule has 19 heavy (non-hydrogen) atoms. The van der Waals surface area contributed by atoms with Gasteiger partial charge >= 0.3 is 0 Å². The average molecular weight is 282 g/mol. The lowest BCUT2D eigenvalue weighted by Crippen LogP contribution is -2.43. The topological polar surface area (TPSA) is 58.1 Å². The van der Waals surface area contributed by atoms with Gasteiger partial charge in [-0.25, -0.2) is 0 Å². The van der Waals surface area contributed by atoms with Crippen LogP contribution in [0, 0.1) is 0 Å². The van der Waals surface area contributed by atoms with Crippen molar-refractivity contribution in [2.75, 3.05) is 18.4 Å². The summed E-state index contributed by atoms with van der Waals surface area (Å²) >= 11 is 1.36. The summed E-state index contributed by atoms with van der Waals surface area (Å²) < 4.78 is 0. The first-order chi connectivity index (χ1) is 9.26. The fourth-order valence-electron chi connectivity index (χ4n) is 2.43. The standard InChI is InChI=1S/C13H22N4OS/c1-3-8-14-13-16-15-11(19-13)12(18)17-9-6-5-7-10(17)4-2/h10H,3-9H2,1-2H3,(H,14,16). The predicted octanol–water partition coefficient (Wildman–Crippen LogP) is 2.76. The summed E-state index contributed by atoms with van der Waals surface area (Å²) in [6.07, 6.45) is 5.49. The molecule has 0 spiro atoms. The van der Waals surface area contributed by atoms with Gasteiger partial charge in [0.2, 0.25) is 10.1 Å². The first-order valence-corrected chi connectivity index (χ1v) is 7.96. The number of aromatic nitrogens is 2. The van der Waals surface area contributed by atoms with E-state index in [0.29, 0.717) is 11.0 Å². The van der Waals surface area contributed by atoms with Crippen LogP contribution in [0.2, 0.25) is 0 Å². The molecule has 6 heteroatoms. The maximum absolute atomic E-state index is 12.5. The fourth-order valence-corrected chi connectivity index (χ4v) is 3.15. The van der Waals surface area contributed by atoms with E-state index in [4.69, 9.17) is 0 Å². The van der Waals surface area contributed by atoms with E-state index < -0.39 is 0 Å². The molecule has 0 aliphatic carbocycles. The van der Waals surface area contributed by atoms with E-state index in [0.717, 1.165) is 43.9 Å². The number of nitrogens with one attached hydrogen (secondary N) is 1. The molecule has 1 aliphatic rings. The van der Waals surface area contributed by atoms with Crippen LogP contribution in [-0.4, -0.2) is 40.1 Å². The average Bonchev–Trinajstić information content (AvgIpc) is 2.93. The number of anilines is 1. The highest BCUT2D eigenvalue weighted by Gasteiger charge is 2.28. The van der Waals surface area contributed by atoms with Gasteiger partial charge in [-0.15, -0.1) is 10.2 Å². The van der Waals surface area contributed by atoms with E-state index >= 15 is 0 Å². The molecule has 106 valence electrons. The number of likely N-dealkylation sites (tertiary alicyclic amines) is 1. The van der Waals surface area contributed by atoms with Crippen molar-refractivity contribution < 1.29 is 4.79 Å². The Kier molecular flexibility index (Phi) is 5.13. The maximum atomic E-state index is 12.5. The molecular weight excluding hydrogens is 260 g/mol. The van der Waals surface area contributed by atoms with Crippen molar-refractivity contribution in [1.82, 2.24) is 15.1 Å². The molecular formula is C13H22N4OS. The van der Waals surface area contributed by atoms with Gasteiger partial charge < -0.3 is 10.2 Å². The Morgan fingerprint density at radius 3 is 3.00 bits per heavy atom. The van der Waals surface area contributed by atoms with E-state index in [1.54, 1.807) is 0 Å². The Bertz CT molecular complexity index is 421. The van der Waals surface area contributed by atoms with Crippen LogP contribution < -0.4 is 5.32 Å². The number of amides is 1. The second-order valence-electron chi connectivity index (χ2n) is 4.90. The molecule has 0 radical (unpaired) electrons. The number of rotatable bonds is 5. The van der Waals surface area contributed by atoms with Gasteiger partial charge in [0.05, 0.1) is 0 Å². The van der Waals surface area contributed by atoms with Crippen LogP contribution in [0.15, 0.2) is 0 Å². The lowest BCUT2D eigenvalue weighted by atomic mass is 10.00. The highest BCUT2D eigenvalue weighted by molar-refractivity contribution is 7.17. The minimum atomic E-state index is 0.0496. The van der Waals surface area contributed by atoms with Gasteiger partial charge in [-0.05, 0) is 32.1 Å². The molecule has 1 unspecified atom stereocenters. The van der Waals surface area contributed by atoms with Crippen LogP contribution in [-0.2, 0) is 0 Å². The van der Waals surface area contributed by atoms with Gasteiger partial charge in [-0.3, -0.25) is 4.79 Å². The number of piperidine rings is 1. The minimum absolute atomic E-state index is 0.0496. The molecule has 0 aromatic carbocycles. The first kappa shape index (κ1) is 14.2. The highest BCUT2D eigenvalue weighted by Crippen LogP contribution is 2.24. The van der Waals surface area contributed by atoms with Crippen molar-refractivity contribution in [3.05, 3.63) is 5.01 Å². The number of carbonyl (C=O) groups excluding carboxylic acids is 1. The molecule has 5 nitrogen and oxygen atoms in total. The molecule has 1 aliphatic heterocycles. The first-order valence-electron chi connectivity index (χ1n) is 7.14. The molecule has 1 N–H and O–H groups in total. The number of hydrogen-bond donors (Lipinski definition) is 1. The highest BCUT2D eigenvalue weighted by atomic mass is 32.1. The Morgan fingerprint density at radius 2 is 2.26 bits per heavy atom. The van der Waals surface area contributed by atoms with Crippen molar-refractivity contribution in [2.24, 2.45) is 0 Å². The van der Waals surface area contributed by atoms with E-state index in [2.05, 4.69) is 29.4 Å². The molecule has 1 atom stereocenters. The van der Waals surface area contributed by atoms with Crippen LogP contribution in [0.5, 0.6) is 0 Å². The summed E-state index contributed by atoms with van der Waals surface area (Å²) in [5.74, 6) is 0.0496. The lowest BCUT2D eigenvalue weighted by molar-refractivity contribution is 0.0607. The van der Waals surface area contributed by atoms with E-state index in [1.165, 1.54) is 17.8 Å². The van der Waals surface area contributed by atoms with Crippen molar-refractivity contribution in [3.63, 3.8) is 0 Å². The SMILES string of the molecule is CCCNc1nnc(C(=O)N2CCCCC2CC)s1.